The van der Waals surface area contributed by atoms with Crippen LogP contribution >= 0.6 is 0 Å². The lowest BCUT2D eigenvalue weighted by atomic mass is 9.97. The highest BCUT2D eigenvalue weighted by atomic mass is 16.5. The van der Waals surface area contributed by atoms with Gasteiger partial charge in [-0.1, -0.05) is 49.4 Å². The van der Waals surface area contributed by atoms with Crippen LogP contribution < -0.4 is 0 Å². The summed E-state index contributed by atoms with van der Waals surface area (Å²) in [7, 11) is 0. The summed E-state index contributed by atoms with van der Waals surface area (Å²) < 4.78 is 4.71. The second kappa shape index (κ2) is 5.49. The van der Waals surface area contributed by atoms with Gasteiger partial charge in [0.15, 0.2) is 0 Å². The second-order valence-electron chi connectivity index (χ2n) is 5.53. The van der Waals surface area contributed by atoms with Crippen LogP contribution in [-0.4, -0.2) is 13.1 Å². The second-order valence-corrected chi connectivity index (χ2v) is 5.53. The molecule has 1 unspecified atom stereocenters. The smallest absolute Gasteiger partial charge is 0.417 e. The molecular formula is C18H17O2. The Bertz CT molecular complexity index is 631. The van der Waals surface area contributed by atoms with E-state index in [1.165, 1.54) is 34.3 Å². The average molecular weight is 265 g/mol. The Kier molecular flexibility index (Phi) is 3.55. The molecule has 0 heterocycles. The fourth-order valence-electron chi connectivity index (χ4n) is 2.94. The molecule has 3 rings (SSSR count). The van der Waals surface area contributed by atoms with Crippen molar-refractivity contribution in [1.82, 2.24) is 0 Å². The fourth-order valence-corrected chi connectivity index (χ4v) is 2.94. The Hall–Kier alpha value is -2.09. The Labute approximate surface area is 119 Å². The highest BCUT2D eigenvalue weighted by Gasteiger charge is 2.18. The molecule has 0 fully saturated rings. The molecule has 0 aromatic heterocycles. The van der Waals surface area contributed by atoms with Crippen LogP contribution in [0.25, 0.3) is 11.1 Å². The SMILES string of the molecule is CC(CO[C]=O)Cc1ccc2c(c1)-c1ccccc1C2. The van der Waals surface area contributed by atoms with Crippen LogP contribution in [0.3, 0.4) is 0 Å². The summed E-state index contributed by atoms with van der Waals surface area (Å²) in [5.74, 6) is 0.311. The van der Waals surface area contributed by atoms with Gasteiger partial charge in [0.2, 0.25) is 0 Å². The number of fused-ring (bicyclic) bond motifs is 3. The number of hydrogen-bond acceptors (Lipinski definition) is 2. The minimum absolute atomic E-state index is 0.311. The third kappa shape index (κ3) is 2.46. The summed E-state index contributed by atoms with van der Waals surface area (Å²) in [5.41, 5.74) is 6.82. The number of ether oxygens (including phenoxy) is 1. The van der Waals surface area contributed by atoms with E-state index in [1.54, 1.807) is 0 Å². The number of benzene rings is 2. The maximum absolute atomic E-state index is 10.1. The predicted molar refractivity (Wildman–Crippen MR) is 79.2 cm³/mol. The van der Waals surface area contributed by atoms with E-state index in [9.17, 15) is 4.79 Å². The van der Waals surface area contributed by atoms with E-state index in [1.807, 2.05) is 0 Å². The fraction of sp³-hybridized carbons (Fsp3) is 0.278. The van der Waals surface area contributed by atoms with Crippen LogP contribution in [0.4, 0.5) is 0 Å². The molecule has 1 aliphatic rings. The van der Waals surface area contributed by atoms with Gasteiger partial charge >= 0.3 is 6.47 Å². The topological polar surface area (TPSA) is 26.3 Å². The maximum atomic E-state index is 10.1. The maximum Gasteiger partial charge on any atom is 0.417 e. The predicted octanol–water partition coefficient (Wildman–Crippen LogP) is 3.52. The largest absolute Gasteiger partial charge is 0.457 e. The first-order valence-corrected chi connectivity index (χ1v) is 6.97. The molecule has 0 spiro atoms. The molecule has 2 aromatic carbocycles. The molecule has 0 amide bonds. The molecule has 0 saturated carbocycles. The standard InChI is InChI=1S/C18H17O2/c1-13(11-20-12-19)8-14-6-7-16-10-15-4-2-3-5-17(15)18(16)9-14/h2-7,9,13H,8,10-11H2,1H3. The first kappa shape index (κ1) is 12.9. The number of rotatable bonds is 5. The molecule has 2 aromatic rings. The van der Waals surface area contributed by atoms with Crippen molar-refractivity contribution in [2.45, 2.75) is 19.8 Å². The van der Waals surface area contributed by atoms with Crippen molar-refractivity contribution in [2.75, 3.05) is 6.61 Å². The zero-order valence-electron chi connectivity index (χ0n) is 11.6. The molecule has 1 atom stereocenters. The Balaban J connectivity index is 1.82. The van der Waals surface area contributed by atoms with E-state index in [0.717, 1.165) is 12.8 Å². The lowest BCUT2D eigenvalue weighted by Crippen LogP contribution is -2.08. The van der Waals surface area contributed by atoms with Crippen molar-refractivity contribution in [1.29, 1.82) is 0 Å². The Morgan fingerprint density at radius 3 is 2.80 bits per heavy atom. The van der Waals surface area contributed by atoms with Gasteiger partial charge in [0, 0.05) is 0 Å². The third-order valence-corrected chi connectivity index (χ3v) is 3.87. The van der Waals surface area contributed by atoms with E-state index in [0.29, 0.717) is 12.5 Å². The van der Waals surface area contributed by atoms with Gasteiger partial charge in [-0.25, -0.2) is 4.79 Å². The third-order valence-electron chi connectivity index (χ3n) is 3.87. The molecule has 2 nitrogen and oxygen atoms in total. The van der Waals surface area contributed by atoms with Gasteiger partial charge in [0.25, 0.3) is 0 Å². The summed E-state index contributed by atoms with van der Waals surface area (Å²) in [6.07, 6.45) is 1.95. The van der Waals surface area contributed by atoms with Crippen LogP contribution in [0.2, 0.25) is 0 Å². The van der Waals surface area contributed by atoms with E-state index in [4.69, 9.17) is 4.74 Å². The lowest BCUT2D eigenvalue weighted by Gasteiger charge is -2.11. The van der Waals surface area contributed by atoms with E-state index >= 15 is 0 Å². The van der Waals surface area contributed by atoms with Gasteiger partial charge in [0.1, 0.15) is 0 Å². The van der Waals surface area contributed by atoms with Crippen molar-refractivity contribution in [3.05, 3.63) is 59.2 Å². The van der Waals surface area contributed by atoms with Crippen LogP contribution in [0, 0.1) is 5.92 Å². The first-order valence-electron chi connectivity index (χ1n) is 6.97. The Morgan fingerprint density at radius 1 is 1.15 bits per heavy atom. The first-order chi connectivity index (χ1) is 9.78. The molecular weight excluding hydrogens is 248 g/mol. The summed E-state index contributed by atoms with van der Waals surface area (Å²) in [6.45, 7) is 4.00. The van der Waals surface area contributed by atoms with Gasteiger partial charge in [0.05, 0.1) is 6.61 Å². The summed E-state index contributed by atoms with van der Waals surface area (Å²) in [4.78, 5) is 10.1. The molecule has 2 heteroatoms. The van der Waals surface area contributed by atoms with E-state index < -0.39 is 0 Å². The van der Waals surface area contributed by atoms with Gasteiger partial charge in [-0.05, 0) is 46.6 Å². The Morgan fingerprint density at radius 2 is 1.95 bits per heavy atom. The molecule has 20 heavy (non-hydrogen) atoms. The van der Waals surface area contributed by atoms with Crippen molar-refractivity contribution in [2.24, 2.45) is 5.92 Å². The molecule has 1 radical (unpaired) electrons. The highest BCUT2D eigenvalue weighted by molar-refractivity contribution is 5.77. The van der Waals surface area contributed by atoms with Crippen molar-refractivity contribution >= 4 is 6.47 Å². The van der Waals surface area contributed by atoms with Crippen LogP contribution in [0.5, 0.6) is 0 Å². The minimum atomic E-state index is 0.311. The van der Waals surface area contributed by atoms with Gasteiger partial charge in [-0.2, -0.15) is 0 Å². The van der Waals surface area contributed by atoms with E-state index in [-0.39, 0.29) is 0 Å². The normalized spacial score (nSPS) is 13.4. The summed E-state index contributed by atoms with van der Waals surface area (Å²) >= 11 is 0. The zero-order valence-corrected chi connectivity index (χ0v) is 11.6. The highest BCUT2D eigenvalue weighted by Crippen LogP contribution is 2.37. The monoisotopic (exact) mass is 265 g/mol. The quantitative estimate of drug-likeness (QED) is 0.705. The lowest BCUT2D eigenvalue weighted by molar-refractivity contribution is 0.231. The zero-order chi connectivity index (χ0) is 13.9. The molecule has 0 N–H and O–H groups in total. The number of carbonyl (C=O) groups excluding carboxylic acids is 1. The van der Waals surface area contributed by atoms with Crippen molar-refractivity contribution < 1.29 is 9.53 Å². The van der Waals surface area contributed by atoms with Gasteiger partial charge in [-0.3, -0.25) is 0 Å². The van der Waals surface area contributed by atoms with Crippen molar-refractivity contribution in [3.8, 4) is 11.1 Å². The van der Waals surface area contributed by atoms with Crippen LogP contribution in [-0.2, 0) is 22.4 Å². The molecule has 0 bridgehead atoms. The van der Waals surface area contributed by atoms with Gasteiger partial charge in [-0.15, -0.1) is 0 Å². The molecule has 0 saturated heterocycles. The number of hydrogen-bond donors (Lipinski definition) is 0. The van der Waals surface area contributed by atoms with E-state index in [2.05, 4.69) is 49.4 Å². The molecule has 101 valence electrons. The minimum Gasteiger partial charge on any atom is -0.457 e. The van der Waals surface area contributed by atoms with Crippen LogP contribution in [0.15, 0.2) is 42.5 Å². The average Bonchev–Trinajstić information content (AvgIpc) is 2.83. The summed E-state index contributed by atoms with van der Waals surface area (Å²) in [5, 5.41) is 0. The van der Waals surface area contributed by atoms with Crippen molar-refractivity contribution in [3.63, 3.8) is 0 Å². The summed E-state index contributed by atoms with van der Waals surface area (Å²) in [6, 6.07) is 15.3. The molecule has 0 aliphatic heterocycles. The van der Waals surface area contributed by atoms with Crippen LogP contribution in [0.1, 0.15) is 23.6 Å². The molecule has 1 aliphatic carbocycles. The van der Waals surface area contributed by atoms with Gasteiger partial charge < -0.3 is 4.74 Å².